The van der Waals surface area contributed by atoms with Crippen LogP contribution < -0.4 is 21.1 Å². The van der Waals surface area contributed by atoms with Gasteiger partial charge in [-0.25, -0.2) is 18.7 Å². The van der Waals surface area contributed by atoms with Gasteiger partial charge in [0.1, 0.15) is 5.52 Å². The number of aromatic nitrogens is 3. The van der Waals surface area contributed by atoms with E-state index in [2.05, 4.69) is 27.2 Å². The van der Waals surface area contributed by atoms with Crippen molar-refractivity contribution >= 4 is 40.0 Å². The third-order valence-corrected chi connectivity index (χ3v) is 6.27. The fraction of sp³-hybridized carbons (Fsp3) is 0.185. The summed E-state index contributed by atoms with van der Waals surface area (Å²) in [4.78, 5) is 34.9. The molecule has 1 saturated heterocycles. The number of morpholine rings is 1. The van der Waals surface area contributed by atoms with E-state index in [4.69, 9.17) is 4.74 Å². The van der Waals surface area contributed by atoms with Crippen molar-refractivity contribution in [2.24, 2.45) is 7.05 Å². The zero-order valence-electron chi connectivity index (χ0n) is 20.5. The Hall–Kier alpha value is -4.64. The number of rotatable bonds is 6. The van der Waals surface area contributed by atoms with Crippen LogP contribution in [0, 0.1) is 11.6 Å². The van der Waals surface area contributed by atoms with E-state index in [-0.39, 0.29) is 28.8 Å². The molecule has 3 heterocycles. The van der Waals surface area contributed by atoms with Crippen LogP contribution in [0.3, 0.4) is 0 Å². The summed E-state index contributed by atoms with van der Waals surface area (Å²) in [7, 11) is 1.59. The second-order valence-electron chi connectivity index (χ2n) is 8.64. The lowest BCUT2D eigenvalue weighted by atomic mass is 10.0. The highest BCUT2D eigenvalue weighted by molar-refractivity contribution is 6.00. The number of carbonyl (C=O) groups is 1. The fourth-order valence-electron chi connectivity index (χ4n) is 4.27. The number of amides is 1. The monoisotopic (exact) mass is 518 g/mol. The molecule has 11 heteroatoms. The molecule has 2 N–H and O–H groups in total. The third-order valence-electron chi connectivity index (χ3n) is 6.27. The number of fused-ring (bicyclic) bond motifs is 1. The first-order chi connectivity index (χ1) is 18.4. The summed E-state index contributed by atoms with van der Waals surface area (Å²) >= 11 is 0. The first kappa shape index (κ1) is 25.0. The Labute approximate surface area is 216 Å². The molecule has 0 unspecified atom stereocenters. The van der Waals surface area contributed by atoms with Crippen molar-refractivity contribution in [3.63, 3.8) is 0 Å². The van der Waals surface area contributed by atoms with Crippen LogP contribution in [-0.2, 0) is 16.6 Å². The molecule has 0 atom stereocenters. The lowest BCUT2D eigenvalue weighted by molar-refractivity contribution is -0.111. The van der Waals surface area contributed by atoms with Crippen LogP contribution in [0.15, 0.2) is 66.1 Å². The molecule has 9 nitrogen and oxygen atoms in total. The Bertz CT molecular complexity index is 1610. The maximum absolute atomic E-state index is 15.0. The number of pyridine rings is 1. The van der Waals surface area contributed by atoms with E-state index in [0.717, 1.165) is 6.08 Å². The largest absolute Gasteiger partial charge is 0.378 e. The van der Waals surface area contributed by atoms with E-state index in [1.54, 1.807) is 36.2 Å². The average molecular weight is 519 g/mol. The molecule has 1 amide bonds. The van der Waals surface area contributed by atoms with Crippen LogP contribution in [0.4, 0.5) is 31.8 Å². The molecular weight excluding hydrogens is 494 g/mol. The summed E-state index contributed by atoms with van der Waals surface area (Å²) in [6.07, 6.45) is 2.59. The number of nitrogens with one attached hydrogen (secondary N) is 2. The van der Waals surface area contributed by atoms with Crippen molar-refractivity contribution in [3.05, 3.63) is 83.3 Å². The van der Waals surface area contributed by atoms with Gasteiger partial charge in [0, 0.05) is 37.5 Å². The number of benzene rings is 2. The lowest BCUT2D eigenvalue weighted by Gasteiger charge is -2.29. The Kier molecular flexibility index (Phi) is 6.84. The number of anilines is 4. The molecule has 2 aromatic heterocycles. The smallest absolute Gasteiger partial charge is 0.251 e. The van der Waals surface area contributed by atoms with Crippen molar-refractivity contribution < 1.29 is 18.3 Å². The van der Waals surface area contributed by atoms with E-state index >= 15 is 4.39 Å². The zero-order valence-corrected chi connectivity index (χ0v) is 20.5. The third kappa shape index (κ3) is 4.83. The number of halogens is 2. The van der Waals surface area contributed by atoms with Gasteiger partial charge in [0.25, 0.3) is 5.56 Å². The molecule has 0 spiro atoms. The molecule has 0 saturated carbocycles. The minimum absolute atomic E-state index is 0.0194. The average Bonchev–Trinajstić information content (AvgIpc) is 2.94. The Morgan fingerprint density at radius 2 is 1.92 bits per heavy atom. The number of hydrogen-bond donors (Lipinski definition) is 2. The topological polar surface area (TPSA) is 101 Å². The van der Waals surface area contributed by atoms with Crippen molar-refractivity contribution in [2.45, 2.75) is 0 Å². The van der Waals surface area contributed by atoms with Crippen molar-refractivity contribution in [3.8, 4) is 11.1 Å². The van der Waals surface area contributed by atoms with Crippen LogP contribution >= 0.6 is 0 Å². The number of ether oxygens (including phenoxy) is 1. The van der Waals surface area contributed by atoms with Crippen LogP contribution in [0.1, 0.15) is 0 Å². The lowest BCUT2D eigenvalue weighted by Crippen LogP contribution is -2.36. The SMILES string of the molecule is C=CC(=O)Nc1cccc(-c2cc(=O)n(C)c3cnc(Nc4ccc(N5CCOCC5)c(F)c4F)nc23)c1. The van der Waals surface area contributed by atoms with Crippen molar-refractivity contribution in [1.82, 2.24) is 14.5 Å². The maximum Gasteiger partial charge on any atom is 0.251 e. The minimum atomic E-state index is -1.05. The van der Waals surface area contributed by atoms with Gasteiger partial charge in [-0.05, 0) is 35.9 Å². The van der Waals surface area contributed by atoms with Gasteiger partial charge in [0.05, 0.1) is 36.3 Å². The van der Waals surface area contributed by atoms with Gasteiger partial charge in [-0.3, -0.25) is 9.59 Å². The van der Waals surface area contributed by atoms with Crippen LogP contribution in [-0.4, -0.2) is 46.7 Å². The van der Waals surface area contributed by atoms with E-state index < -0.39 is 11.6 Å². The molecule has 194 valence electrons. The molecule has 1 aliphatic rings. The number of carbonyl (C=O) groups excluding carboxylic acids is 1. The fourth-order valence-corrected chi connectivity index (χ4v) is 4.27. The quantitative estimate of drug-likeness (QED) is 0.373. The minimum Gasteiger partial charge on any atom is -0.378 e. The van der Waals surface area contributed by atoms with E-state index in [1.165, 1.54) is 29.0 Å². The number of nitrogens with zero attached hydrogens (tertiary/aromatic N) is 4. The second kappa shape index (κ2) is 10.4. The van der Waals surface area contributed by atoms with Gasteiger partial charge in [-0.15, -0.1) is 0 Å². The summed E-state index contributed by atoms with van der Waals surface area (Å²) in [6, 6.07) is 11.3. The first-order valence-electron chi connectivity index (χ1n) is 11.8. The number of aryl methyl sites for hydroxylation is 1. The molecule has 0 radical (unpaired) electrons. The first-order valence-corrected chi connectivity index (χ1v) is 11.8. The Balaban J connectivity index is 1.53. The molecule has 4 aromatic rings. The summed E-state index contributed by atoms with van der Waals surface area (Å²) < 4.78 is 36.6. The van der Waals surface area contributed by atoms with Crippen LogP contribution in [0.2, 0.25) is 0 Å². The van der Waals surface area contributed by atoms with Crippen LogP contribution in [0.5, 0.6) is 0 Å². The summed E-state index contributed by atoms with van der Waals surface area (Å²) in [5.74, 6) is -2.38. The van der Waals surface area contributed by atoms with Gasteiger partial charge in [0.15, 0.2) is 11.6 Å². The summed E-state index contributed by atoms with van der Waals surface area (Å²) in [6.45, 7) is 5.27. The molecule has 5 rings (SSSR count). The van der Waals surface area contributed by atoms with Gasteiger partial charge in [-0.2, -0.15) is 0 Å². The predicted molar refractivity (Wildman–Crippen MR) is 142 cm³/mol. The van der Waals surface area contributed by atoms with Crippen molar-refractivity contribution in [2.75, 3.05) is 41.8 Å². The van der Waals surface area contributed by atoms with E-state index in [0.29, 0.717) is 54.2 Å². The normalized spacial score (nSPS) is 13.4. The van der Waals surface area contributed by atoms with Gasteiger partial charge in [0.2, 0.25) is 11.9 Å². The number of hydrogen-bond acceptors (Lipinski definition) is 7. The van der Waals surface area contributed by atoms with Gasteiger partial charge in [-0.1, -0.05) is 18.7 Å². The summed E-state index contributed by atoms with van der Waals surface area (Å²) in [5.41, 5.74) is 2.20. The molecule has 0 bridgehead atoms. The molecule has 1 aliphatic heterocycles. The van der Waals surface area contributed by atoms with Crippen LogP contribution in [0.25, 0.3) is 22.2 Å². The van der Waals surface area contributed by atoms with Crippen molar-refractivity contribution in [1.29, 1.82) is 0 Å². The standard InChI is InChI=1S/C27H24F2N6O3/c1-3-22(36)31-17-6-4-5-16(13-17)18-14-23(37)34(2)21-15-30-27(33-26(18)21)32-19-7-8-20(25(29)24(19)28)35-9-11-38-12-10-35/h3-8,13-15H,1,9-12H2,2H3,(H,31,36)(H,30,32,33). The Morgan fingerprint density at radius 3 is 2.68 bits per heavy atom. The van der Waals surface area contributed by atoms with E-state index in [9.17, 15) is 14.0 Å². The maximum atomic E-state index is 15.0. The molecule has 38 heavy (non-hydrogen) atoms. The Morgan fingerprint density at radius 1 is 1.13 bits per heavy atom. The second-order valence-corrected chi connectivity index (χ2v) is 8.64. The molecule has 2 aromatic carbocycles. The highest BCUT2D eigenvalue weighted by atomic mass is 19.2. The highest BCUT2D eigenvalue weighted by Gasteiger charge is 2.21. The predicted octanol–water partition coefficient (Wildman–Crippen LogP) is 3.98. The highest BCUT2D eigenvalue weighted by Crippen LogP contribution is 2.31. The van der Waals surface area contributed by atoms with E-state index in [1.807, 2.05) is 0 Å². The van der Waals surface area contributed by atoms with Gasteiger partial charge >= 0.3 is 0 Å². The molecule has 1 fully saturated rings. The van der Waals surface area contributed by atoms with Gasteiger partial charge < -0.3 is 24.8 Å². The zero-order chi connectivity index (χ0) is 26.8. The molecule has 0 aliphatic carbocycles. The summed E-state index contributed by atoms with van der Waals surface area (Å²) in [5, 5.41) is 5.44. The molecular formula is C27H24F2N6O3.